The minimum Gasteiger partial charge on any atom is -0.366 e. The quantitative estimate of drug-likeness (QED) is 0.762. The Morgan fingerprint density at radius 2 is 2.13 bits per heavy atom. The average Bonchev–Trinajstić information content (AvgIpc) is 3.07. The highest BCUT2D eigenvalue weighted by atomic mass is 32.1. The number of nitriles is 1. The summed E-state index contributed by atoms with van der Waals surface area (Å²) in [6.07, 6.45) is 1.23. The first-order valence-corrected chi connectivity index (χ1v) is 8.40. The van der Waals surface area contributed by atoms with Crippen molar-refractivity contribution in [2.24, 2.45) is 0 Å². The van der Waals surface area contributed by atoms with E-state index in [0.717, 1.165) is 5.69 Å². The van der Waals surface area contributed by atoms with Crippen molar-refractivity contribution in [1.29, 1.82) is 5.26 Å². The molecular weight excluding hydrogens is 312 g/mol. The number of hydrogen-bond acceptors (Lipinski definition) is 5. The summed E-state index contributed by atoms with van der Waals surface area (Å²) in [4.78, 5) is 30.1. The zero-order chi connectivity index (χ0) is 16.8. The predicted octanol–water partition coefficient (Wildman–Crippen LogP) is 1.30. The van der Waals surface area contributed by atoms with Crippen molar-refractivity contribution in [2.45, 2.75) is 6.92 Å². The van der Waals surface area contributed by atoms with E-state index in [0.29, 0.717) is 37.6 Å². The van der Waals surface area contributed by atoms with E-state index < -0.39 is 0 Å². The number of carbonyl (C=O) groups is 2. The summed E-state index contributed by atoms with van der Waals surface area (Å²) in [5.41, 5.74) is 0.946. The zero-order valence-corrected chi connectivity index (χ0v) is 14.0. The largest absolute Gasteiger partial charge is 0.366 e. The van der Waals surface area contributed by atoms with Crippen LogP contribution in [0, 0.1) is 11.3 Å². The van der Waals surface area contributed by atoms with Crippen LogP contribution < -0.4 is 4.90 Å². The fourth-order valence-electron chi connectivity index (χ4n) is 2.57. The highest BCUT2D eigenvalue weighted by molar-refractivity contribution is 7.11. The Labute approximate surface area is 140 Å². The second kappa shape index (κ2) is 7.79. The third-order valence-electron chi connectivity index (χ3n) is 3.91. The molecule has 0 atom stereocenters. The van der Waals surface area contributed by atoms with Gasteiger partial charge < -0.3 is 14.7 Å². The standard InChI is InChI=1S/C16H20N4O2S/c1-3-15(21)18(4-2)12-16(22)20-8-6-19(7-9-20)13-5-10-23-14(13)11-17/h3,5,10H,1,4,6-9,12H2,2H3. The summed E-state index contributed by atoms with van der Waals surface area (Å²) in [5.74, 6) is -0.274. The van der Waals surface area contributed by atoms with Crippen molar-refractivity contribution < 1.29 is 9.59 Å². The number of hydrogen-bond donors (Lipinski definition) is 0. The summed E-state index contributed by atoms with van der Waals surface area (Å²) in [7, 11) is 0. The number of rotatable bonds is 5. The van der Waals surface area contributed by atoms with E-state index in [1.54, 1.807) is 4.90 Å². The smallest absolute Gasteiger partial charge is 0.246 e. The van der Waals surface area contributed by atoms with E-state index in [9.17, 15) is 9.59 Å². The molecule has 1 aromatic heterocycles. The summed E-state index contributed by atoms with van der Waals surface area (Å²) in [6, 6.07) is 4.15. The van der Waals surface area contributed by atoms with Crippen LogP contribution in [0.25, 0.3) is 0 Å². The van der Waals surface area contributed by atoms with Crippen LogP contribution in [0.4, 0.5) is 5.69 Å². The van der Waals surface area contributed by atoms with Crippen LogP contribution in [0.3, 0.4) is 0 Å². The topological polar surface area (TPSA) is 67.7 Å². The van der Waals surface area contributed by atoms with E-state index in [4.69, 9.17) is 5.26 Å². The van der Waals surface area contributed by atoms with Gasteiger partial charge in [0.15, 0.2) is 0 Å². The van der Waals surface area contributed by atoms with Gasteiger partial charge in [-0.15, -0.1) is 11.3 Å². The first-order chi connectivity index (χ1) is 11.1. The SMILES string of the molecule is C=CC(=O)N(CC)CC(=O)N1CCN(c2ccsc2C#N)CC1. The molecule has 23 heavy (non-hydrogen) atoms. The normalized spacial score (nSPS) is 14.3. The molecule has 1 fully saturated rings. The molecule has 1 aliphatic heterocycles. The molecule has 6 nitrogen and oxygen atoms in total. The van der Waals surface area contributed by atoms with E-state index in [2.05, 4.69) is 17.5 Å². The van der Waals surface area contributed by atoms with Gasteiger partial charge in [0.1, 0.15) is 10.9 Å². The Balaban J connectivity index is 1.91. The molecular formula is C16H20N4O2S. The van der Waals surface area contributed by atoms with Gasteiger partial charge in [0.05, 0.1) is 12.2 Å². The van der Waals surface area contributed by atoms with Gasteiger partial charge in [-0.3, -0.25) is 9.59 Å². The lowest BCUT2D eigenvalue weighted by Crippen LogP contribution is -2.51. The number of carbonyl (C=O) groups excluding carboxylic acids is 2. The molecule has 0 aromatic carbocycles. The maximum absolute atomic E-state index is 12.3. The first kappa shape index (κ1) is 17.0. The van der Waals surface area contributed by atoms with Crippen LogP contribution in [0.5, 0.6) is 0 Å². The van der Waals surface area contributed by atoms with Crippen molar-refractivity contribution in [2.75, 3.05) is 44.2 Å². The van der Waals surface area contributed by atoms with Gasteiger partial charge in [-0.05, 0) is 24.4 Å². The van der Waals surface area contributed by atoms with Crippen LogP contribution >= 0.6 is 11.3 Å². The Kier molecular flexibility index (Phi) is 5.77. The lowest BCUT2D eigenvalue weighted by molar-refractivity contribution is -0.138. The van der Waals surface area contributed by atoms with Crippen molar-refractivity contribution in [3.8, 4) is 6.07 Å². The van der Waals surface area contributed by atoms with Gasteiger partial charge in [0.25, 0.3) is 0 Å². The summed E-state index contributed by atoms with van der Waals surface area (Å²) >= 11 is 1.43. The second-order valence-corrected chi connectivity index (χ2v) is 6.09. The van der Waals surface area contributed by atoms with Crippen molar-refractivity contribution in [1.82, 2.24) is 9.80 Å². The lowest BCUT2D eigenvalue weighted by atomic mass is 10.2. The predicted molar refractivity (Wildman–Crippen MR) is 90.3 cm³/mol. The van der Waals surface area contributed by atoms with Gasteiger partial charge in [0.2, 0.25) is 11.8 Å². The Hall–Kier alpha value is -2.33. The van der Waals surface area contributed by atoms with E-state index >= 15 is 0 Å². The molecule has 2 heterocycles. The number of anilines is 1. The number of amides is 2. The molecule has 2 rings (SSSR count). The number of likely N-dealkylation sites (N-methyl/N-ethyl adjacent to an activating group) is 1. The summed E-state index contributed by atoms with van der Waals surface area (Å²) in [5, 5.41) is 11.0. The van der Waals surface area contributed by atoms with Gasteiger partial charge in [0, 0.05) is 32.7 Å². The molecule has 0 saturated carbocycles. The Morgan fingerprint density at radius 1 is 1.43 bits per heavy atom. The number of piperazine rings is 1. The lowest BCUT2D eigenvalue weighted by Gasteiger charge is -2.36. The molecule has 7 heteroatoms. The molecule has 0 radical (unpaired) electrons. The number of nitrogens with zero attached hydrogens (tertiary/aromatic N) is 4. The molecule has 1 aromatic rings. The molecule has 1 saturated heterocycles. The highest BCUT2D eigenvalue weighted by Gasteiger charge is 2.24. The van der Waals surface area contributed by atoms with Gasteiger partial charge in [-0.1, -0.05) is 6.58 Å². The molecule has 0 bridgehead atoms. The summed E-state index contributed by atoms with van der Waals surface area (Å²) < 4.78 is 0. The van der Waals surface area contributed by atoms with E-state index in [1.807, 2.05) is 18.4 Å². The van der Waals surface area contributed by atoms with Gasteiger partial charge in [-0.25, -0.2) is 0 Å². The number of thiophene rings is 1. The monoisotopic (exact) mass is 332 g/mol. The van der Waals surface area contributed by atoms with Crippen molar-refractivity contribution >= 4 is 28.8 Å². The second-order valence-electron chi connectivity index (χ2n) is 5.17. The maximum atomic E-state index is 12.3. The molecule has 122 valence electrons. The maximum Gasteiger partial charge on any atom is 0.246 e. The minimum absolute atomic E-state index is 0.0486. The van der Waals surface area contributed by atoms with Crippen LogP contribution in [0.15, 0.2) is 24.1 Å². The van der Waals surface area contributed by atoms with Crippen LogP contribution in [-0.4, -0.2) is 60.9 Å². The molecule has 0 unspecified atom stereocenters. The molecule has 0 N–H and O–H groups in total. The van der Waals surface area contributed by atoms with Crippen LogP contribution in [-0.2, 0) is 9.59 Å². The zero-order valence-electron chi connectivity index (χ0n) is 13.2. The van der Waals surface area contributed by atoms with E-state index in [1.165, 1.54) is 22.3 Å². The van der Waals surface area contributed by atoms with Crippen molar-refractivity contribution in [3.63, 3.8) is 0 Å². The Morgan fingerprint density at radius 3 is 2.70 bits per heavy atom. The van der Waals surface area contributed by atoms with Gasteiger partial charge in [-0.2, -0.15) is 5.26 Å². The van der Waals surface area contributed by atoms with Crippen LogP contribution in [0.1, 0.15) is 11.8 Å². The minimum atomic E-state index is -0.226. The molecule has 0 spiro atoms. The Bertz CT molecular complexity index is 626. The molecule has 1 aliphatic rings. The molecule has 0 aliphatic carbocycles. The first-order valence-electron chi connectivity index (χ1n) is 7.52. The van der Waals surface area contributed by atoms with Crippen molar-refractivity contribution in [3.05, 3.63) is 29.0 Å². The summed E-state index contributed by atoms with van der Waals surface area (Å²) in [6.45, 7) is 8.44. The third kappa shape index (κ3) is 3.90. The van der Waals surface area contributed by atoms with E-state index in [-0.39, 0.29) is 18.4 Å². The molecule has 2 amide bonds. The average molecular weight is 332 g/mol. The van der Waals surface area contributed by atoms with Crippen LogP contribution in [0.2, 0.25) is 0 Å². The highest BCUT2D eigenvalue weighted by Crippen LogP contribution is 2.26. The van der Waals surface area contributed by atoms with Gasteiger partial charge >= 0.3 is 0 Å². The third-order valence-corrected chi connectivity index (χ3v) is 4.72. The fraction of sp³-hybridized carbons (Fsp3) is 0.438. The fourth-order valence-corrected chi connectivity index (χ4v) is 3.27.